The second-order valence-corrected chi connectivity index (χ2v) is 5.77. The van der Waals surface area contributed by atoms with Crippen molar-refractivity contribution in [2.45, 2.75) is 11.7 Å². The maximum Gasteiger partial charge on any atom is 0.326 e. The molecule has 0 heterocycles. The van der Waals surface area contributed by atoms with Crippen LogP contribution >= 0.6 is 0 Å². The number of esters is 1. The predicted octanol–water partition coefficient (Wildman–Crippen LogP) is -1.31. The number of ether oxygens (including phenoxy) is 1. The van der Waals surface area contributed by atoms with Crippen LogP contribution in [0.1, 0.15) is 6.42 Å². The van der Waals surface area contributed by atoms with Gasteiger partial charge in [0, 0.05) is 0 Å². The first kappa shape index (κ1) is 14.3. The molecule has 0 spiro atoms. The summed E-state index contributed by atoms with van der Waals surface area (Å²) in [6.45, 7) is 0. The van der Waals surface area contributed by atoms with Crippen molar-refractivity contribution < 1.29 is 35.5 Å². The van der Waals surface area contributed by atoms with E-state index in [4.69, 9.17) is 9.11 Å². The average molecular weight is 262 g/mol. The van der Waals surface area contributed by atoms with Gasteiger partial charge in [-0.1, -0.05) is 0 Å². The monoisotopic (exact) mass is 262 g/mol. The third-order valence-corrected chi connectivity index (χ3v) is 3.36. The van der Waals surface area contributed by atoms with Gasteiger partial charge in [-0.25, -0.2) is 0 Å². The van der Waals surface area contributed by atoms with Gasteiger partial charge in [0.1, 0.15) is 0 Å². The molecule has 0 saturated heterocycles. The highest BCUT2D eigenvalue weighted by Gasteiger charge is 2.33. The molecular weight excluding hydrogens is 252 g/mol. The molecule has 0 bridgehead atoms. The fourth-order valence-corrected chi connectivity index (χ4v) is 2.21. The van der Waals surface area contributed by atoms with E-state index in [1.807, 2.05) is 0 Å². The molecule has 90 valence electrons. The lowest BCUT2D eigenvalue weighted by molar-refractivity contribution is -0.140. The molecule has 10 heteroatoms. The number of methoxy groups -OCH3 is 1. The van der Waals surface area contributed by atoms with Gasteiger partial charge >= 0.3 is 5.97 Å². The fraction of sp³-hybridized carbons (Fsp3) is 0.800. The van der Waals surface area contributed by atoms with E-state index < -0.39 is 43.6 Å². The molecule has 8 nitrogen and oxygen atoms in total. The maximum atomic E-state index is 10.8. The maximum absolute atomic E-state index is 10.8. The van der Waals surface area contributed by atoms with Crippen LogP contribution in [0, 0.1) is 0 Å². The Bertz CT molecular complexity index is 418. The van der Waals surface area contributed by atoms with E-state index in [0.717, 1.165) is 7.11 Å². The first-order chi connectivity index (χ1) is 6.58. The van der Waals surface area contributed by atoms with Gasteiger partial charge in [-0.3, -0.25) is 13.9 Å². The van der Waals surface area contributed by atoms with Gasteiger partial charge in [0.15, 0.2) is 5.25 Å². The Morgan fingerprint density at radius 2 is 1.73 bits per heavy atom. The van der Waals surface area contributed by atoms with Crippen molar-refractivity contribution in [3.05, 3.63) is 0 Å². The zero-order chi connectivity index (χ0) is 12.3. The zero-order valence-corrected chi connectivity index (χ0v) is 9.28. The third-order valence-electron chi connectivity index (χ3n) is 1.46. The number of hydrogen-bond acceptors (Lipinski definition) is 6. The summed E-state index contributed by atoms with van der Waals surface area (Å²) in [4.78, 5) is 10.8. The van der Waals surface area contributed by atoms with E-state index in [2.05, 4.69) is 4.74 Å². The summed E-state index contributed by atoms with van der Waals surface area (Å²) in [5.74, 6) is -2.26. The van der Waals surface area contributed by atoms with Crippen LogP contribution in [0.2, 0.25) is 0 Å². The van der Waals surface area contributed by atoms with Crippen molar-refractivity contribution >= 4 is 26.2 Å². The van der Waals surface area contributed by atoms with E-state index in [9.17, 15) is 21.6 Å². The van der Waals surface area contributed by atoms with Crippen molar-refractivity contribution in [2.24, 2.45) is 0 Å². The van der Waals surface area contributed by atoms with E-state index in [-0.39, 0.29) is 0 Å². The third kappa shape index (κ3) is 5.67. The normalized spacial score (nSPS) is 14.6. The van der Waals surface area contributed by atoms with Crippen LogP contribution in [0.15, 0.2) is 0 Å². The lowest BCUT2D eigenvalue weighted by Gasteiger charge is -2.09. The minimum Gasteiger partial charge on any atom is -0.468 e. The van der Waals surface area contributed by atoms with Crippen molar-refractivity contribution in [3.8, 4) is 0 Å². The molecule has 0 radical (unpaired) electrons. The van der Waals surface area contributed by atoms with Gasteiger partial charge in [0.05, 0.1) is 12.9 Å². The Balaban J connectivity index is 4.78. The molecule has 15 heavy (non-hydrogen) atoms. The molecule has 1 unspecified atom stereocenters. The van der Waals surface area contributed by atoms with Crippen LogP contribution in [-0.2, 0) is 29.8 Å². The van der Waals surface area contributed by atoms with Crippen LogP contribution in [0.5, 0.6) is 0 Å². The van der Waals surface area contributed by atoms with Gasteiger partial charge < -0.3 is 4.74 Å². The largest absolute Gasteiger partial charge is 0.468 e. The molecule has 0 aliphatic heterocycles. The van der Waals surface area contributed by atoms with E-state index in [1.165, 1.54) is 0 Å². The number of hydrogen-bond donors (Lipinski definition) is 2. The van der Waals surface area contributed by atoms with Crippen LogP contribution in [0.25, 0.3) is 0 Å². The van der Waals surface area contributed by atoms with Gasteiger partial charge in [0.25, 0.3) is 20.2 Å². The molecule has 0 aliphatic rings. The minimum atomic E-state index is -4.75. The average Bonchev–Trinajstić information content (AvgIpc) is 1.99. The Morgan fingerprint density at radius 3 is 2.00 bits per heavy atom. The number of rotatable bonds is 5. The van der Waals surface area contributed by atoms with Crippen molar-refractivity contribution in [1.29, 1.82) is 0 Å². The predicted molar refractivity (Wildman–Crippen MR) is 48.4 cm³/mol. The molecular formula is C5H10O8S2. The molecule has 0 aromatic carbocycles. The summed E-state index contributed by atoms with van der Waals surface area (Å²) in [7, 11) is -8.27. The first-order valence-electron chi connectivity index (χ1n) is 3.57. The van der Waals surface area contributed by atoms with Gasteiger partial charge in [0.2, 0.25) is 0 Å². The Kier molecular flexibility index (Phi) is 4.65. The second-order valence-electron chi connectivity index (χ2n) is 2.60. The number of carbonyl (C=O) groups is 1. The molecule has 0 aliphatic carbocycles. The van der Waals surface area contributed by atoms with Gasteiger partial charge in [-0.05, 0) is 6.42 Å². The summed E-state index contributed by atoms with van der Waals surface area (Å²) in [5, 5.41) is -2.01. The summed E-state index contributed by atoms with van der Waals surface area (Å²) in [5.41, 5.74) is 0. The van der Waals surface area contributed by atoms with Crippen molar-refractivity contribution in [2.75, 3.05) is 12.9 Å². The topological polar surface area (TPSA) is 135 Å². The molecule has 2 N–H and O–H groups in total. The molecule has 0 amide bonds. The minimum absolute atomic E-state index is 0.773. The highest BCUT2D eigenvalue weighted by atomic mass is 32.2. The molecule has 0 aromatic rings. The fourth-order valence-electron chi connectivity index (χ4n) is 0.776. The van der Waals surface area contributed by atoms with Crippen molar-refractivity contribution in [3.63, 3.8) is 0 Å². The molecule has 1 atom stereocenters. The van der Waals surface area contributed by atoms with Crippen LogP contribution in [-0.4, -0.2) is 50.0 Å². The molecule has 0 saturated carbocycles. The molecule has 0 rings (SSSR count). The Morgan fingerprint density at radius 1 is 1.27 bits per heavy atom. The Hall–Kier alpha value is -0.710. The van der Waals surface area contributed by atoms with Gasteiger partial charge in [-0.15, -0.1) is 0 Å². The molecule has 0 aromatic heterocycles. The van der Waals surface area contributed by atoms with E-state index in [1.54, 1.807) is 0 Å². The van der Waals surface area contributed by atoms with Gasteiger partial charge in [-0.2, -0.15) is 16.8 Å². The van der Waals surface area contributed by atoms with Crippen LogP contribution in [0.4, 0.5) is 0 Å². The lowest BCUT2D eigenvalue weighted by Crippen LogP contribution is -2.32. The van der Waals surface area contributed by atoms with Crippen LogP contribution in [0.3, 0.4) is 0 Å². The van der Waals surface area contributed by atoms with Crippen molar-refractivity contribution in [1.82, 2.24) is 0 Å². The zero-order valence-electron chi connectivity index (χ0n) is 7.65. The number of carbonyl (C=O) groups excluding carboxylic acids is 1. The SMILES string of the molecule is COC(=O)C(CCS(=O)(=O)O)S(=O)(=O)O. The summed E-state index contributed by atoms with van der Waals surface area (Å²) in [6, 6.07) is 0. The van der Waals surface area contributed by atoms with E-state index in [0.29, 0.717) is 0 Å². The summed E-state index contributed by atoms with van der Waals surface area (Å²) in [6.07, 6.45) is -0.773. The van der Waals surface area contributed by atoms with E-state index >= 15 is 0 Å². The Labute approximate surface area is 86.7 Å². The summed E-state index contributed by atoms with van der Waals surface area (Å²) >= 11 is 0. The molecule has 0 fully saturated rings. The lowest BCUT2D eigenvalue weighted by atomic mass is 10.3. The first-order valence-corrected chi connectivity index (χ1v) is 6.68. The smallest absolute Gasteiger partial charge is 0.326 e. The second kappa shape index (κ2) is 4.88. The standard InChI is InChI=1S/C5H10O8S2/c1-13-5(6)4(15(10,11)12)2-3-14(7,8)9/h4H,2-3H2,1H3,(H,7,8,9)(H,10,11,12). The highest BCUT2D eigenvalue weighted by molar-refractivity contribution is 7.87. The van der Waals surface area contributed by atoms with Crippen LogP contribution < -0.4 is 0 Å². The quantitative estimate of drug-likeness (QED) is 0.460. The highest BCUT2D eigenvalue weighted by Crippen LogP contribution is 2.08. The summed E-state index contributed by atoms with van der Waals surface area (Å²) < 4.78 is 62.8.